The van der Waals surface area contributed by atoms with Gasteiger partial charge < -0.3 is 47.3 Å². The zero-order chi connectivity index (χ0) is 40.2. The molecule has 1 saturated carbocycles. The number of carbonyl (C=O) groups excluding carboxylic acids is 6. The minimum atomic E-state index is -1.29. The maximum atomic E-state index is 14.2. The lowest BCUT2D eigenvalue weighted by Gasteiger charge is -2.34. The molecule has 2 fully saturated rings. The molecule has 0 spiro atoms. The molecule has 0 aromatic heterocycles. The monoisotopic (exact) mass is 765 g/mol. The van der Waals surface area contributed by atoms with E-state index >= 15 is 0 Å². The van der Waals surface area contributed by atoms with E-state index in [2.05, 4.69) is 28.2 Å². The second kappa shape index (κ2) is 25.0. The molecule has 6 amide bonds. The Kier molecular flexibility index (Phi) is 21.7. The number of hydrogen-bond donors (Lipinski definition) is 6. The molecule has 2 rings (SSSR count). The van der Waals surface area contributed by atoms with Gasteiger partial charge in [0.05, 0.1) is 25.0 Å². The number of rotatable bonds is 14. The number of carbonyl (C=O) groups is 6. The Morgan fingerprint density at radius 1 is 0.796 bits per heavy atom. The maximum absolute atomic E-state index is 14.2. The van der Waals surface area contributed by atoms with E-state index < -0.39 is 65.9 Å². The highest BCUT2D eigenvalue weighted by molar-refractivity contribution is 5.97. The van der Waals surface area contributed by atoms with E-state index in [9.17, 15) is 28.8 Å². The molecule has 1 aliphatic carbocycles. The van der Waals surface area contributed by atoms with Crippen molar-refractivity contribution in [3.05, 3.63) is 0 Å². The van der Waals surface area contributed by atoms with E-state index in [0.717, 1.165) is 51.4 Å². The number of nitrogens with zero attached hydrogens (tertiary/aromatic N) is 2. The molecule has 15 heteroatoms. The average Bonchev–Trinajstić information content (AvgIpc) is 3.44. The predicted octanol–water partition coefficient (Wildman–Crippen LogP) is 1.70. The van der Waals surface area contributed by atoms with E-state index in [-0.39, 0.29) is 37.3 Å². The highest BCUT2D eigenvalue weighted by atomic mass is 16.5. The van der Waals surface area contributed by atoms with Crippen LogP contribution in [0.3, 0.4) is 0 Å². The van der Waals surface area contributed by atoms with E-state index in [0.29, 0.717) is 51.6 Å². The van der Waals surface area contributed by atoms with Crippen LogP contribution in [0.15, 0.2) is 0 Å². The summed E-state index contributed by atoms with van der Waals surface area (Å²) < 4.78 is 6.37. The highest BCUT2D eigenvalue weighted by Crippen LogP contribution is 2.27. The van der Waals surface area contributed by atoms with E-state index in [1.807, 2.05) is 13.8 Å². The van der Waals surface area contributed by atoms with Crippen LogP contribution >= 0.6 is 0 Å². The van der Waals surface area contributed by atoms with Crippen molar-refractivity contribution in [2.24, 2.45) is 23.3 Å². The number of unbranched alkanes of at least 4 members (excludes halogenated alkanes) is 3. The molecule has 7 atom stereocenters. The normalized spacial score (nSPS) is 27.7. The summed E-state index contributed by atoms with van der Waals surface area (Å²) in [6.07, 6.45) is 10.5. The van der Waals surface area contributed by atoms with E-state index in [1.54, 1.807) is 21.0 Å². The van der Waals surface area contributed by atoms with Crippen molar-refractivity contribution in [3.63, 3.8) is 0 Å². The molecular weight excluding hydrogens is 692 g/mol. The summed E-state index contributed by atoms with van der Waals surface area (Å²) >= 11 is 0. The highest BCUT2D eigenvalue weighted by Gasteiger charge is 2.38. The Morgan fingerprint density at radius 3 is 2.06 bits per heavy atom. The van der Waals surface area contributed by atoms with Gasteiger partial charge in [-0.1, -0.05) is 78.6 Å². The third-order valence-electron chi connectivity index (χ3n) is 10.9. The fourth-order valence-electron chi connectivity index (χ4n) is 7.36. The summed E-state index contributed by atoms with van der Waals surface area (Å²) in [5.74, 6) is -3.75. The minimum absolute atomic E-state index is 0.0694. The number of nitrogens with one attached hydrogen (secondary N) is 4. The standard InChI is InChI=1S/C39H72N8O7/c1-7-9-10-15-20-32-27(4)39(53)47(6)31(17-8-2)37(51)45-34(28-18-13-11-12-14-19-28)38(52)44-30(24-41)36(50)43-29(35(49)42-26(3)25-54-32)23-33(48)46(5)22-16-21-40/h26-32,34H,7-25,40-41H2,1-6H3,(H,42,49)(H,43,50)(H,44,52)(H,45,51)/t26-,27-,29+,30+,31+,32-,34+/m1/s1. The Hall–Kier alpha value is -3.30. The SMILES string of the molecule is CCCCCC[C@H]1OC[C@@H](C)NC(=O)[C@H](CC(=O)N(C)CCCN)NC(=O)[C@H](CN)NC(=O)[C@H](C2CCCCCC2)NC(=O)[C@H](CCC)N(C)C(=O)[C@@H]1C. The molecule has 0 aromatic rings. The number of nitrogens with two attached hydrogens (primary N) is 2. The van der Waals surface area contributed by atoms with E-state index in [4.69, 9.17) is 16.2 Å². The zero-order valence-electron chi connectivity index (χ0n) is 34.0. The molecule has 0 radical (unpaired) electrons. The Labute approximate surface area is 323 Å². The van der Waals surface area contributed by atoms with Gasteiger partial charge in [-0.15, -0.1) is 0 Å². The second-order valence-corrected chi connectivity index (χ2v) is 15.4. The van der Waals surface area contributed by atoms with E-state index in [1.165, 1.54) is 9.80 Å². The maximum Gasteiger partial charge on any atom is 0.244 e. The molecule has 1 heterocycles. The molecule has 0 unspecified atom stereocenters. The van der Waals surface area contributed by atoms with Crippen LogP contribution in [-0.4, -0.2) is 122 Å². The second-order valence-electron chi connectivity index (χ2n) is 15.4. The third-order valence-corrected chi connectivity index (χ3v) is 10.9. The molecule has 54 heavy (non-hydrogen) atoms. The molecule has 0 aromatic carbocycles. The number of hydrogen-bond acceptors (Lipinski definition) is 9. The van der Waals surface area contributed by atoms with Gasteiger partial charge in [-0.3, -0.25) is 28.8 Å². The Morgan fingerprint density at radius 2 is 1.44 bits per heavy atom. The van der Waals surface area contributed by atoms with Gasteiger partial charge in [0.2, 0.25) is 35.4 Å². The molecule has 0 bridgehead atoms. The van der Waals surface area contributed by atoms with Gasteiger partial charge in [0, 0.05) is 33.2 Å². The van der Waals surface area contributed by atoms with Crippen LogP contribution in [-0.2, 0) is 33.5 Å². The summed E-state index contributed by atoms with van der Waals surface area (Å²) in [6, 6.07) is -4.90. The first-order valence-electron chi connectivity index (χ1n) is 20.5. The van der Waals surface area contributed by atoms with Crippen LogP contribution in [0.4, 0.5) is 0 Å². The summed E-state index contributed by atoms with van der Waals surface area (Å²) in [6.45, 7) is 8.16. The van der Waals surface area contributed by atoms with Crippen molar-refractivity contribution in [2.75, 3.05) is 40.3 Å². The van der Waals surface area contributed by atoms with Crippen molar-refractivity contribution in [1.82, 2.24) is 31.1 Å². The van der Waals surface area contributed by atoms with Crippen LogP contribution < -0.4 is 32.7 Å². The summed E-state index contributed by atoms with van der Waals surface area (Å²) in [7, 11) is 3.23. The molecule has 310 valence electrons. The molecule has 2 aliphatic rings. The molecule has 8 N–H and O–H groups in total. The van der Waals surface area contributed by atoms with Crippen LogP contribution in [0.5, 0.6) is 0 Å². The number of amides is 6. The Bertz CT molecular complexity index is 1200. The van der Waals surface area contributed by atoms with Crippen molar-refractivity contribution in [2.45, 2.75) is 160 Å². The van der Waals surface area contributed by atoms with Crippen molar-refractivity contribution >= 4 is 35.4 Å². The fraction of sp³-hybridized carbons (Fsp3) is 0.846. The zero-order valence-corrected chi connectivity index (χ0v) is 34.0. The van der Waals surface area contributed by atoms with Crippen LogP contribution in [0, 0.1) is 11.8 Å². The van der Waals surface area contributed by atoms with Gasteiger partial charge in [-0.2, -0.15) is 0 Å². The quantitative estimate of drug-likeness (QED) is 0.112. The van der Waals surface area contributed by atoms with Crippen LogP contribution in [0.25, 0.3) is 0 Å². The van der Waals surface area contributed by atoms with Crippen LogP contribution in [0.2, 0.25) is 0 Å². The van der Waals surface area contributed by atoms with Crippen molar-refractivity contribution < 1.29 is 33.5 Å². The largest absolute Gasteiger partial charge is 0.375 e. The lowest BCUT2D eigenvalue weighted by molar-refractivity contribution is -0.147. The fourth-order valence-corrected chi connectivity index (χ4v) is 7.36. The Balaban J connectivity index is 2.58. The third kappa shape index (κ3) is 15.1. The minimum Gasteiger partial charge on any atom is -0.375 e. The van der Waals surface area contributed by atoms with Crippen LogP contribution in [0.1, 0.15) is 124 Å². The molecule has 1 aliphatic heterocycles. The first-order chi connectivity index (χ1) is 25.8. The molecule has 15 nitrogen and oxygen atoms in total. The van der Waals surface area contributed by atoms with Crippen molar-refractivity contribution in [1.29, 1.82) is 0 Å². The molecular formula is C39H72N8O7. The first-order valence-corrected chi connectivity index (χ1v) is 20.5. The lowest BCUT2D eigenvalue weighted by Crippen LogP contribution is -2.61. The number of likely N-dealkylation sites (N-methyl/N-ethyl adjacent to an activating group) is 1. The summed E-state index contributed by atoms with van der Waals surface area (Å²) in [5, 5.41) is 11.3. The van der Waals surface area contributed by atoms with Gasteiger partial charge in [-0.05, 0) is 51.5 Å². The van der Waals surface area contributed by atoms with Gasteiger partial charge >= 0.3 is 0 Å². The van der Waals surface area contributed by atoms with Gasteiger partial charge in [0.1, 0.15) is 24.2 Å². The predicted molar refractivity (Wildman–Crippen MR) is 209 cm³/mol. The van der Waals surface area contributed by atoms with Gasteiger partial charge in [0.25, 0.3) is 0 Å². The van der Waals surface area contributed by atoms with Gasteiger partial charge in [0.15, 0.2) is 0 Å². The average molecular weight is 765 g/mol. The van der Waals surface area contributed by atoms with Gasteiger partial charge in [-0.25, -0.2) is 0 Å². The lowest BCUT2D eigenvalue weighted by atomic mass is 9.90. The molecule has 1 saturated heterocycles. The smallest absolute Gasteiger partial charge is 0.244 e. The van der Waals surface area contributed by atoms with Crippen molar-refractivity contribution in [3.8, 4) is 0 Å². The summed E-state index contributed by atoms with van der Waals surface area (Å²) in [4.78, 5) is 86.1. The summed E-state index contributed by atoms with van der Waals surface area (Å²) in [5.41, 5.74) is 11.7. The number of ether oxygens (including phenoxy) is 1. The first kappa shape index (κ1) is 46.9. The topological polar surface area (TPSA) is 218 Å².